The van der Waals surface area contributed by atoms with Crippen LogP contribution in [0.25, 0.3) is 0 Å². The normalized spacial score (nSPS) is 36.4. The van der Waals surface area contributed by atoms with Gasteiger partial charge in [-0.25, -0.2) is 0 Å². The molecule has 2 unspecified atom stereocenters. The minimum absolute atomic E-state index is 0.822. The fourth-order valence-electron chi connectivity index (χ4n) is 4.77. The summed E-state index contributed by atoms with van der Waals surface area (Å²) in [4.78, 5) is 10.6. The summed E-state index contributed by atoms with van der Waals surface area (Å²) in [5.41, 5.74) is 0. The molecule has 2 atom stereocenters. The summed E-state index contributed by atoms with van der Waals surface area (Å²) in [5.74, 6) is 0.957. The SMILES string of the molecule is CN1CCN(C2CC2CN2CCC(N3CCOCC3)CC2)CC1. The summed E-state index contributed by atoms with van der Waals surface area (Å²) in [6, 6.07) is 1.73. The molecule has 3 heterocycles. The highest BCUT2D eigenvalue weighted by Crippen LogP contribution is 2.37. The maximum atomic E-state index is 5.49. The summed E-state index contributed by atoms with van der Waals surface area (Å²) in [5, 5.41) is 0. The molecule has 0 bridgehead atoms. The Balaban J connectivity index is 1.16. The first-order chi connectivity index (χ1) is 11.3. The highest BCUT2D eigenvalue weighted by molar-refractivity contribution is 4.98. The lowest BCUT2D eigenvalue weighted by Gasteiger charge is -2.40. The maximum absolute atomic E-state index is 5.49. The molecule has 23 heavy (non-hydrogen) atoms. The predicted octanol–water partition coefficient (Wildman–Crippen LogP) is 0.419. The quantitative estimate of drug-likeness (QED) is 0.746. The van der Waals surface area contributed by atoms with Crippen LogP contribution in [0, 0.1) is 5.92 Å². The zero-order valence-electron chi connectivity index (χ0n) is 14.8. The average molecular weight is 322 g/mol. The van der Waals surface area contributed by atoms with Crippen molar-refractivity contribution >= 4 is 0 Å². The lowest BCUT2D eigenvalue weighted by molar-refractivity contribution is 0.000297. The van der Waals surface area contributed by atoms with Gasteiger partial charge in [0.15, 0.2) is 0 Å². The van der Waals surface area contributed by atoms with Crippen LogP contribution in [-0.2, 0) is 4.74 Å². The number of nitrogens with zero attached hydrogens (tertiary/aromatic N) is 4. The van der Waals surface area contributed by atoms with Crippen molar-refractivity contribution in [2.45, 2.75) is 31.3 Å². The van der Waals surface area contributed by atoms with Crippen LogP contribution in [0.2, 0.25) is 0 Å². The average Bonchev–Trinajstić information content (AvgIpc) is 3.36. The lowest BCUT2D eigenvalue weighted by Crippen LogP contribution is -2.49. The van der Waals surface area contributed by atoms with Crippen LogP contribution in [0.4, 0.5) is 0 Å². The van der Waals surface area contributed by atoms with Gasteiger partial charge in [-0.1, -0.05) is 0 Å². The van der Waals surface area contributed by atoms with Gasteiger partial charge in [0.05, 0.1) is 13.2 Å². The van der Waals surface area contributed by atoms with E-state index in [1.807, 2.05) is 0 Å². The third kappa shape index (κ3) is 4.07. The van der Waals surface area contributed by atoms with E-state index in [1.165, 1.54) is 65.1 Å². The van der Waals surface area contributed by atoms with E-state index in [4.69, 9.17) is 4.74 Å². The summed E-state index contributed by atoms with van der Waals surface area (Å²) >= 11 is 0. The Bertz CT molecular complexity index is 371. The number of rotatable bonds is 4. The number of likely N-dealkylation sites (tertiary alicyclic amines) is 1. The molecule has 0 aromatic heterocycles. The molecular formula is C18H34N4O. The molecule has 0 aromatic carbocycles. The standard InChI is InChI=1S/C18H34N4O/c1-19-6-8-22(9-7-19)18-14-16(18)15-20-4-2-17(3-5-20)21-10-12-23-13-11-21/h16-18H,2-15H2,1H3. The van der Waals surface area contributed by atoms with Gasteiger partial charge in [-0.05, 0) is 45.3 Å². The molecule has 1 aliphatic carbocycles. The van der Waals surface area contributed by atoms with Gasteiger partial charge < -0.3 is 14.5 Å². The maximum Gasteiger partial charge on any atom is 0.0594 e. The molecule has 4 rings (SSSR count). The van der Waals surface area contributed by atoms with E-state index in [0.717, 1.165) is 44.3 Å². The molecule has 0 radical (unpaired) electrons. The first-order valence-electron chi connectivity index (χ1n) is 9.76. The van der Waals surface area contributed by atoms with Gasteiger partial charge in [0.25, 0.3) is 0 Å². The van der Waals surface area contributed by atoms with Gasteiger partial charge in [-0.3, -0.25) is 9.80 Å². The van der Waals surface area contributed by atoms with Gasteiger partial charge in [-0.15, -0.1) is 0 Å². The topological polar surface area (TPSA) is 22.2 Å². The highest BCUT2D eigenvalue weighted by Gasteiger charge is 2.43. The van der Waals surface area contributed by atoms with E-state index in [9.17, 15) is 0 Å². The second-order valence-corrected chi connectivity index (χ2v) is 8.08. The summed E-state index contributed by atoms with van der Waals surface area (Å²) in [7, 11) is 2.25. The number of piperidine rings is 1. The Kier molecular flexibility index (Phi) is 5.21. The van der Waals surface area contributed by atoms with Crippen LogP contribution in [0.5, 0.6) is 0 Å². The zero-order valence-corrected chi connectivity index (χ0v) is 14.8. The molecule has 5 nitrogen and oxygen atoms in total. The molecule has 0 amide bonds. The van der Waals surface area contributed by atoms with Crippen molar-refractivity contribution in [3.05, 3.63) is 0 Å². The van der Waals surface area contributed by atoms with Crippen LogP contribution in [0.1, 0.15) is 19.3 Å². The van der Waals surface area contributed by atoms with Crippen LogP contribution < -0.4 is 0 Å². The summed E-state index contributed by atoms with van der Waals surface area (Å²) in [6.07, 6.45) is 4.19. The minimum atomic E-state index is 0.822. The number of morpholine rings is 1. The lowest BCUT2D eigenvalue weighted by atomic mass is 10.0. The molecule has 4 aliphatic rings. The molecule has 0 spiro atoms. The van der Waals surface area contributed by atoms with Crippen molar-refractivity contribution in [3.63, 3.8) is 0 Å². The van der Waals surface area contributed by atoms with Crippen molar-refractivity contribution in [2.75, 3.05) is 79.2 Å². The molecule has 1 saturated carbocycles. The smallest absolute Gasteiger partial charge is 0.0594 e. The number of hydrogen-bond donors (Lipinski definition) is 0. The van der Waals surface area contributed by atoms with E-state index in [1.54, 1.807) is 0 Å². The third-order valence-electron chi connectivity index (χ3n) is 6.50. The van der Waals surface area contributed by atoms with Gasteiger partial charge in [0.1, 0.15) is 0 Å². The Morgan fingerprint density at radius 3 is 2.22 bits per heavy atom. The van der Waals surface area contributed by atoms with Crippen molar-refractivity contribution in [1.29, 1.82) is 0 Å². The summed E-state index contributed by atoms with van der Waals surface area (Å²) < 4.78 is 5.49. The Labute approximate surface area is 141 Å². The number of piperazine rings is 1. The molecule has 4 fully saturated rings. The molecule has 0 N–H and O–H groups in total. The van der Waals surface area contributed by atoms with E-state index in [2.05, 4.69) is 26.6 Å². The Morgan fingerprint density at radius 1 is 0.826 bits per heavy atom. The van der Waals surface area contributed by atoms with Crippen molar-refractivity contribution in [1.82, 2.24) is 19.6 Å². The van der Waals surface area contributed by atoms with Crippen LogP contribution in [-0.4, -0.2) is 111 Å². The third-order valence-corrected chi connectivity index (χ3v) is 6.50. The van der Waals surface area contributed by atoms with Crippen LogP contribution in [0.15, 0.2) is 0 Å². The number of likely N-dealkylation sites (N-methyl/N-ethyl adjacent to an activating group) is 1. The van der Waals surface area contributed by atoms with E-state index >= 15 is 0 Å². The van der Waals surface area contributed by atoms with E-state index < -0.39 is 0 Å². The molecule has 3 saturated heterocycles. The molecule has 132 valence electrons. The van der Waals surface area contributed by atoms with Gasteiger partial charge in [0, 0.05) is 57.9 Å². The second kappa shape index (κ2) is 7.36. The molecule has 0 aromatic rings. The fourth-order valence-corrected chi connectivity index (χ4v) is 4.77. The van der Waals surface area contributed by atoms with E-state index in [-0.39, 0.29) is 0 Å². The van der Waals surface area contributed by atoms with Gasteiger partial charge in [-0.2, -0.15) is 0 Å². The van der Waals surface area contributed by atoms with E-state index in [0.29, 0.717) is 0 Å². The minimum Gasteiger partial charge on any atom is -0.379 e. The first-order valence-corrected chi connectivity index (χ1v) is 9.76. The van der Waals surface area contributed by atoms with Crippen LogP contribution in [0.3, 0.4) is 0 Å². The van der Waals surface area contributed by atoms with Gasteiger partial charge in [0.2, 0.25) is 0 Å². The second-order valence-electron chi connectivity index (χ2n) is 8.08. The first kappa shape index (κ1) is 16.3. The monoisotopic (exact) mass is 322 g/mol. The van der Waals surface area contributed by atoms with Crippen molar-refractivity contribution in [3.8, 4) is 0 Å². The molecule has 5 heteroatoms. The number of hydrogen-bond acceptors (Lipinski definition) is 5. The highest BCUT2D eigenvalue weighted by atomic mass is 16.5. The fraction of sp³-hybridized carbons (Fsp3) is 1.00. The number of ether oxygens (including phenoxy) is 1. The Hall–Kier alpha value is -0.200. The predicted molar refractivity (Wildman–Crippen MR) is 92.8 cm³/mol. The van der Waals surface area contributed by atoms with Crippen LogP contribution >= 0.6 is 0 Å². The molecule has 3 aliphatic heterocycles. The largest absolute Gasteiger partial charge is 0.379 e. The van der Waals surface area contributed by atoms with Crippen molar-refractivity contribution < 1.29 is 4.74 Å². The summed E-state index contributed by atoms with van der Waals surface area (Å²) in [6.45, 7) is 13.3. The molecular weight excluding hydrogens is 288 g/mol. The Morgan fingerprint density at radius 2 is 1.52 bits per heavy atom. The van der Waals surface area contributed by atoms with Crippen molar-refractivity contribution in [2.24, 2.45) is 5.92 Å². The zero-order chi connectivity index (χ0) is 15.6. The van der Waals surface area contributed by atoms with Gasteiger partial charge >= 0.3 is 0 Å².